The van der Waals surface area contributed by atoms with Crippen molar-refractivity contribution >= 4 is 39.6 Å². The highest BCUT2D eigenvalue weighted by molar-refractivity contribution is 7.98. The van der Waals surface area contributed by atoms with Crippen LogP contribution in [-0.4, -0.2) is 19.6 Å². The van der Waals surface area contributed by atoms with Crippen LogP contribution in [0.5, 0.6) is 0 Å². The molecule has 23 heavy (non-hydrogen) atoms. The molecule has 0 saturated carbocycles. The van der Waals surface area contributed by atoms with Gasteiger partial charge in [-0.3, -0.25) is 4.40 Å². The summed E-state index contributed by atoms with van der Waals surface area (Å²) in [5, 5.41) is 15.5. The first-order chi connectivity index (χ1) is 11.4. The van der Waals surface area contributed by atoms with E-state index in [2.05, 4.69) is 25.9 Å². The third-order valence-corrected chi connectivity index (χ3v) is 4.99. The van der Waals surface area contributed by atoms with Gasteiger partial charge >= 0.3 is 0 Å². The molecule has 4 rings (SSSR count). The minimum Gasteiger partial charge on any atom is -0.332 e. The topological polar surface area (TPSA) is 55.1 Å². The van der Waals surface area contributed by atoms with Gasteiger partial charge in [-0.25, -0.2) is 4.98 Å². The highest BCUT2D eigenvalue weighted by Gasteiger charge is 2.08. The summed E-state index contributed by atoms with van der Waals surface area (Å²) in [7, 11) is 0. The zero-order chi connectivity index (χ0) is 15.5. The SMILES string of the molecule is c1ccc(Nc2nc(CSc3nnc4ccccn34)cs2)cc1. The molecule has 0 bridgehead atoms. The monoisotopic (exact) mass is 339 g/mol. The zero-order valence-electron chi connectivity index (χ0n) is 12.1. The zero-order valence-corrected chi connectivity index (χ0v) is 13.7. The lowest BCUT2D eigenvalue weighted by Crippen LogP contribution is -1.90. The van der Waals surface area contributed by atoms with Gasteiger partial charge in [-0.15, -0.1) is 21.5 Å². The second kappa shape index (κ2) is 6.39. The molecule has 0 spiro atoms. The molecule has 3 aromatic heterocycles. The molecule has 7 heteroatoms. The molecule has 4 aromatic rings. The van der Waals surface area contributed by atoms with Crippen LogP contribution >= 0.6 is 23.1 Å². The van der Waals surface area contributed by atoms with Crippen LogP contribution in [0, 0.1) is 0 Å². The first-order valence-electron chi connectivity index (χ1n) is 7.07. The Kier molecular flexibility index (Phi) is 3.95. The number of nitrogens with zero attached hydrogens (tertiary/aromatic N) is 4. The summed E-state index contributed by atoms with van der Waals surface area (Å²) < 4.78 is 1.99. The molecule has 0 aliphatic rings. The summed E-state index contributed by atoms with van der Waals surface area (Å²) >= 11 is 3.24. The molecule has 1 aromatic carbocycles. The summed E-state index contributed by atoms with van der Waals surface area (Å²) in [4.78, 5) is 4.61. The van der Waals surface area contributed by atoms with E-state index in [1.165, 1.54) is 0 Å². The van der Waals surface area contributed by atoms with Crippen LogP contribution in [0.25, 0.3) is 5.65 Å². The second-order valence-corrected chi connectivity index (χ2v) is 6.64. The van der Waals surface area contributed by atoms with Gasteiger partial charge in [-0.1, -0.05) is 36.0 Å². The Morgan fingerprint density at radius 1 is 1.04 bits per heavy atom. The lowest BCUT2D eigenvalue weighted by Gasteiger charge is -2.01. The molecule has 0 unspecified atom stereocenters. The van der Waals surface area contributed by atoms with Crippen molar-refractivity contribution in [3.63, 3.8) is 0 Å². The number of hydrogen-bond donors (Lipinski definition) is 1. The van der Waals surface area contributed by atoms with Crippen LogP contribution in [0.2, 0.25) is 0 Å². The Labute approximate surface area is 141 Å². The number of thioether (sulfide) groups is 1. The molecule has 0 amide bonds. The van der Waals surface area contributed by atoms with E-state index >= 15 is 0 Å². The van der Waals surface area contributed by atoms with Crippen LogP contribution in [0.4, 0.5) is 10.8 Å². The number of fused-ring (bicyclic) bond motifs is 1. The number of thiazole rings is 1. The Balaban J connectivity index is 1.44. The molecular weight excluding hydrogens is 326 g/mol. The van der Waals surface area contributed by atoms with Gasteiger partial charge in [0.15, 0.2) is 15.9 Å². The number of para-hydroxylation sites is 1. The van der Waals surface area contributed by atoms with Crippen LogP contribution < -0.4 is 5.32 Å². The number of hydrogen-bond acceptors (Lipinski definition) is 6. The van der Waals surface area contributed by atoms with Crippen molar-refractivity contribution in [2.24, 2.45) is 0 Å². The number of anilines is 2. The van der Waals surface area contributed by atoms with Crippen molar-refractivity contribution in [3.8, 4) is 0 Å². The summed E-state index contributed by atoms with van der Waals surface area (Å²) in [6.45, 7) is 0. The Morgan fingerprint density at radius 2 is 1.91 bits per heavy atom. The lowest BCUT2D eigenvalue weighted by molar-refractivity contribution is 0.920. The summed E-state index contributed by atoms with van der Waals surface area (Å²) in [5.74, 6) is 0.767. The fourth-order valence-corrected chi connectivity index (χ4v) is 3.78. The molecule has 0 fully saturated rings. The first kappa shape index (κ1) is 14.2. The fourth-order valence-electron chi connectivity index (χ4n) is 2.13. The third-order valence-electron chi connectivity index (χ3n) is 3.21. The largest absolute Gasteiger partial charge is 0.332 e. The van der Waals surface area contributed by atoms with E-state index in [0.717, 1.165) is 33.1 Å². The fraction of sp³-hybridized carbons (Fsp3) is 0.0625. The summed E-state index contributed by atoms with van der Waals surface area (Å²) in [5.41, 5.74) is 2.94. The molecule has 0 radical (unpaired) electrons. The molecule has 0 aliphatic carbocycles. The maximum Gasteiger partial charge on any atom is 0.195 e. The first-order valence-corrected chi connectivity index (χ1v) is 8.94. The van der Waals surface area contributed by atoms with E-state index in [9.17, 15) is 0 Å². The molecule has 0 aliphatic heterocycles. The number of rotatable bonds is 5. The Bertz CT molecular complexity index is 916. The van der Waals surface area contributed by atoms with E-state index in [0.29, 0.717) is 0 Å². The maximum absolute atomic E-state index is 4.61. The Hall–Kier alpha value is -2.38. The molecular formula is C16H13N5S2. The van der Waals surface area contributed by atoms with Crippen LogP contribution in [0.3, 0.4) is 0 Å². The minimum absolute atomic E-state index is 0.767. The molecule has 0 saturated heterocycles. The van der Waals surface area contributed by atoms with E-state index in [1.54, 1.807) is 23.1 Å². The van der Waals surface area contributed by atoms with Gasteiger partial charge in [0.1, 0.15) is 0 Å². The highest BCUT2D eigenvalue weighted by Crippen LogP contribution is 2.26. The van der Waals surface area contributed by atoms with Crippen molar-refractivity contribution in [2.45, 2.75) is 10.9 Å². The van der Waals surface area contributed by atoms with Gasteiger partial charge in [0.2, 0.25) is 0 Å². The maximum atomic E-state index is 4.61. The second-order valence-electron chi connectivity index (χ2n) is 4.84. The average molecular weight is 339 g/mol. The highest BCUT2D eigenvalue weighted by atomic mass is 32.2. The number of nitrogens with one attached hydrogen (secondary N) is 1. The predicted octanol–water partition coefficient (Wildman–Crippen LogP) is 4.22. The average Bonchev–Trinajstić information content (AvgIpc) is 3.21. The summed E-state index contributed by atoms with van der Waals surface area (Å²) in [6.07, 6.45) is 1.97. The van der Waals surface area contributed by atoms with E-state index in [1.807, 2.05) is 59.1 Å². The Morgan fingerprint density at radius 3 is 2.83 bits per heavy atom. The third kappa shape index (κ3) is 3.20. The molecule has 5 nitrogen and oxygen atoms in total. The standard InChI is InChI=1S/C16H13N5S2/c1-2-6-12(7-3-1)17-15-18-13(10-22-15)11-23-16-20-19-14-8-4-5-9-21(14)16/h1-10H,11H2,(H,17,18). The van der Waals surface area contributed by atoms with E-state index < -0.39 is 0 Å². The smallest absolute Gasteiger partial charge is 0.195 e. The molecule has 3 heterocycles. The van der Waals surface area contributed by atoms with Crippen molar-refractivity contribution in [2.75, 3.05) is 5.32 Å². The van der Waals surface area contributed by atoms with Gasteiger partial charge < -0.3 is 5.32 Å². The normalized spacial score (nSPS) is 11.0. The van der Waals surface area contributed by atoms with Crippen molar-refractivity contribution in [3.05, 3.63) is 65.8 Å². The number of aromatic nitrogens is 4. The van der Waals surface area contributed by atoms with Crippen molar-refractivity contribution < 1.29 is 0 Å². The summed E-state index contributed by atoms with van der Waals surface area (Å²) in [6, 6.07) is 15.9. The number of benzene rings is 1. The number of pyridine rings is 1. The van der Waals surface area contributed by atoms with Crippen molar-refractivity contribution in [1.29, 1.82) is 0 Å². The molecule has 114 valence electrons. The van der Waals surface area contributed by atoms with Gasteiger partial charge in [-0.05, 0) is 24.3 Å². The minimum atomic E-state index is 0.767. The van der Waals surface area contributed by atoms with Crippen molar-refractivity contribution in [1.82, 2.24) is 19.6 Å². The molecule has 0 atom stereocenters. The van der Waals surface area contributed by atoms with Crippen LogP contribution in [-0.2, 0) is 5.75 Å². The van der Waals surface area contributed by atoms with Gasteiger partial charge in [0.25, 0.3) is 0 Å². The quantitative estimate of drug-likeness (QED) is 0.552. The molecule has 1 N–H and O–H groups in total. The van der Waals surface area contributed by atoms with Crippen LogP contribution in [0.15, 0.2) is 65.3 Å². The van der Waals surface area contributed by atoms with E-state index in [4.69, 9.17) is 0 Å². The lowest BCUT2D eigenvalue weighted by atomic mass is 10.3. The van der Waals surface area contributed by atoms with Gasteiger partial charge in [0.05, 0.1) is 5.69 Å². The van der Waals surface area contributed by atoms with Crippen LogP contribution in [0.1, 0.15) is 5.69 Å². The van der Waals surface area contributed by atoms with Gasteiger partial charge in [0, 0.05) is 23.0 Å². The van der Waals surface area contributed by atoms with Gasteiger partial charge in [-0.2, -0.15) is 0 Å². The predicted molar refractivity (Wildman–Crippen MR) is 94.4 cm³/mol. The van der Waals surface area contributed by atoms with E-state index in [-0.39, 0.29) is 0 Å².